The van der Waals surface area contributed by atoms with E-state index in [9.17, 15) is 22.8 Å². The van der Waals surface area contributed by atoms with Crippen molar-refractivity contribution in [2.24, 2.45) is 5.41 Å². The Kier molecular flexibility index (Phi) is 13.6. The number of imide groups is 1. The predicted molar refractivity (Wildman–Crippen MR) is 254 cm³/mol. The number of halogens is 1. The van der Waals surface area contributed by atoms with Gasteiger partial charge >= 0.3 is 0 Å². The molecule has 3 saturated heterocycles. The number of fused-ring (bicyclic) bond motifs is 1. The van der Waals surface area contributed by atoms with Gasteiger partial charge in [0.1, 0.15) is 16.8 Å². The minimum atomic E-state index is -3.51. The third-order valence-corrected chi connectivity index (χ3v) is 14.9. The van der Waals surface area contributed by atoms with E-state index in [2.05, 4.69) is 66.6 Å². The molecule has 0 aliphatic carbocycles. The molecule has 1 spiro atoms. The summed E-state index contributed by atoms with van der Waals surface area (Å²) < 4.78 is 31.8. The molecule has 4 aliphatic heterocycles. The van der Waals surface area contributed by atoms with Gasteiger partial charge in [-0.3, -0.25) is 24.0 Å². The predicted octanol–water partition coefficient (Wildman–Crippen LogP) is 6.86. The number of piperidine rings is 3. The fraction of sp³-hybridized carbons (Fsp3) is 0.438. The molecule has 4 aromatic rings. The number of sulfonamides is 1. The van der Waals surface area contributed by atoms with E-state index in [1.54, 1.807) is 42.3 Å². The molecule has 17 heteroatoms. The summed E-state index contributed by atoms with van der Waals surface area (Å²) in [5, 5.41) is 9.16. The standard InChI is InChI=1S/C48H56ClN9O6S/c1-5-32-28-38(52-47-50-30-36(49)44(54-47)51-37-15-8-9-16-39(37)55(2)65(4,62)63)42(64-3)29-41(32)57-26-21-48(22-27-57)19-24-56(25-20-48)23-10-6-7-12-33-13-11-14-34-35(33)31-58(46(34)61)40-17-18-43(59)53-45(40)60/h8-9,11,13-16,28-30,40H,5-6,10,17-27,31H2,1-4H3,(H,53,59,60)(H2,50,51,52,54). The number of carbonyl (C=O) groups excluding carboxylic acids is 3. The molecule has 342 valence electrons. The Labute approximate surface area is 386 Å². The Balaban J connectivity index is 0.834. The number of rotatable bonds is 13. The molecule has 0 bridgehead atoms. The number of benzene rings is 3. The lowest BCUT2D eigenvalue weighted by molar-refractivity contribution is -0.136. The van der Waals surface area contributed by atoms with Gasteiger partial charge in [-0.15, -0.1) is 0 Å². The van der Waals surface area contributed by atoms with Crippen molar-refractivity contribution in [2.45, 2.75) is 77.3 Å². The molecule has 65 heavy (non-hydrogen) atoms. The summed E-state index contributed by atoms with van der Waals surface area (Å²) in [6.07, 6.45) is 10.4. The van der Waals surface area contributed by atoms with Gasteiger partial charge in [0.05, 0.1) is 36.6 Å². The van der Waals surface area contributed by atoms with Crippen LogP contribution in [-0.2, 0) is 32.6 Å². The molecule has 4 aliphatic rings. The van der Waals surface area contributed by atoms with Gasteiger partial charge in [0.2, 0.25) is 27.8 Å². The van der Waals surface area contributed by atoms with Crippen molar-refractivity contribution in [3.05, 3.63) is 88.1 Å². The number of hydrogen-bond donors (Lipinski definition) is 3. The Bertz CT molecular complexity index is 2650. The van der Waals surface area contributed by atoms with E-state index in [-0.39, 0.29) is 23.3 Å². The van der Waals surface area contributed by atoms with Gasteiger partial charge in [0, 0.05) is 62.4 Å². The monoisotopic (exact) mass is 921 g/mol. The number of aromatic nitrogens is 2. The highest BCUT2D eigenvalue weighted by molar-refractivity contribution is 7.92. The third-order valence-electron chi connectivity index (χ3n) is 13.4. The van der Waals surface area contributed by atoms with Crippen LogP contribution in [0.15, 0.2) is 60.8 Å². The third kappa shape index (κ3) is 10.0. The minimum absolute atomic E-state index is 0.180. The highest BCUT2D eigenvalue weighted by Gasteiger charge is 2.40. The van der Waals surface area contributed by atoms with Gasteiger partial charge in [0.25, 0.3) is 5.91 Å². The first-order valence-electron chi connectivity index (χ1n) is 22.3. The zero-order chi connectivity index (χ0) is 45.9. The molecule has 1 unspecified atom stereocenters. The number of carbonyl (C=O) groups is 3. The van der Waals surface area contributed by atoms with Crippen molar-refractivity contribution in [1.29, 1.82) is 0 Å². The van der Waals surface area contributed by atoms with Crippen molar-refractivity contribution in [2.75, 3.05) is 73.0 Å². The van der Waals surface area contributed by atoms with Crippen LogP contribution in [0.4, 0.5) is 34.5 Å². The molecule has 15 nitrogen and oxygen atoms in total. The topological polar surface area (TPSA) is 169 Å². The van der Waals surface area contributed by atoms with E-state index in [4.69, 9.17) is 16.3 Å². The van der Waals surface area contributed by atoms with E-state index in [0.29, 0.717) is 52.8 Å². The smallest absolute Gasteiger partial charge is 0.255 e. The quantitative estimate of drug-likeness (QED) is 0.0725. The van der Waals surface area contributed by atoms with Gasteiger partial charge in [-0.1, -0.05) is 48.6 Å². The first kappa shape index (κ1) is 45.7. The Morgan fingerprint density at radius 3 is 2.48 bits per heavy atom. The lowest BCUT2D eigenvalue weighted by Gasteiger charge is -2.47. The number of anilines is 6. The van der Waals surface area contributed by atoms with Crippen LogP contribution in [0.1, 0.15) is 85.3 Å². The van der Waals surface area contributed by atoms with Crippen LogP contribution >= 0.6 is 11.6 Å². The number of aryl methyl sites for hydroxylation is 1. The van der Waals surface area contributed by atoms with Crippen molar-refractivity contribution < 1.29 is 27.5 Å². The van der Waals surface area contributed by atoms with E-state index >= 15 is 0 Å². The van der Waals surface area contributed by atoms with Crippen LogP contribution in [0.25, 0.3) is 0 Å². The number of para-hydroxylation sites is 2. The second-order valence-corrected chi connectivity index (χ2v) is 19.8. The molecule has 5 heterocycles. The number of likely N-dealkylation sites (tertiary alicyclic amines) is 1. The highest BCUT2D eigenvalue weighted by Crippen LogP contribution is 2.44. The van der Waals surface area contributed by atoms with E-state index in [1.807, 2.05) is 12.1 Å². The zero-order valence-corrected chi connectivity index (χ0v) is 38.9. The summed E-state index contributed by atoms with van der Waals surface area (Å²) in [6.45, 7) is 7.60. The second-order valence-electron chi connectivity index (χ2n) is 17.4. The normalized spacial score (nSPS) is 18.5. The number of unbranched alkanes of at least 4 members (excludes halogenated alkanes) is 1. The van der Waals surface area contributed by atoms with Gasteiger partial charge in [-0.25, -0.2) is 13.4 Å². The van der Waals surface area contributed by atoms with Crippen LogP contribution in [0.2, 0.25) is 5.02 Å². The first-order valence-corrected chi connectivity index (χ1v) is 24.5. The molecule has 0 saturated carbocycles. The summed E-state index contributed by atoms with van der Waals surface area (Å²) in [4.78, 5) is 53.1. The summed E-state index contributed by atoms with van der Waals surface area (Å²) in [6, 6.07) is 16.2. The van der Waals surface area contributed by atoms with E-state index in [1.165, 1.54) is 41.6 Å². The Morgan fingerprint density at radius 1 is 1.00 bits per heavy atom. The molecule has 1 atom stereocenters. The maximum absolute atomic E-state index is 13.2. The van der Waals surface area contributed by atoms with Crippen LogP contribution in [0.5, 0.6) is 5.75 Å². The number of methoxy groups -OCH3 is 1. The maximum Gasteiger partial charge on any atom is 0.255 e. The van der Waals surface area contributed by atoms with Crippen LogP contribution in [0.3, 0.4) is 0 Å². The molecular formula is C48H56ClN9O6S. The number of hydrogen-bond acceptors (Lipinski definition) is 12. The fourth-order valence-corrected chi connectivity index (χ4v) is 10.1. The molecule has 3 aromatic carbocycles. The van der Waals surface area contributed by atoms with Gasteiger partial charge in [0.15, 0.2) is 5.82 Å². The molecule has 0 radical (unpaired) electrons. The fourth-order valence-electron chi connectivity index (χ4n) is 9.48. The van der Waals surface area contributed by atoms with Crippen LogP contribution < -0.4 is 29.9 Å². The average molecular weight is 923 g/mol. The lowest BCUT2D eigenvalue weighted by Crippen LogP contribution is -2.52. The molecule has 8 rings (SSSR count). The van der Waals surface area contributed by atoms with E-state index < -0.39 is 22.0 Å². The summed E-state index contributed by atoms with van der Waals surface area (Å²) in [7, 11) is -0.358. The SMILES string of the molecule is CCc1cc(Nc2ncc(Cl)c(Nc3ccccc3N(C)S(C)(=O)=O)n2)c(OC)cc1N1CCC2(CCN(CCCC#Cc3cccc4c3CN(C3CCC(=O)NC3=O)C4=O)CC2)CC1. The summed E-state index contributed by atoms with van der Waals surface area (Å²) >= 11 is 6.53. The first-order chi connectivity index (χ1) is 31.3. The number of nitrogens with zero attached hydrogens (tertiary/aromatic N) is 6. The van der Waals surface area contributed by atoms with Crippen LogP contribution in [-0.4, -0.2) is 105 Å². The molecule has 3 amide bonds. The lowest BCUT2D eigenvalue weighted by atomic mass is 9.71. The maximum atomic E-state index is 13.2. The average Bonchev–Trinajstić information content (AvgIpc) is 3.63. The molecule has 1 aromatic heterocycles. The molecular weight excluding hydrogens is 866 g/mol. The van der Waals surface area contributed by atoms with E-state index in [0.717, 1.165) is 87.9 Å². The number of amides is 3. The molecule has 3 N–H and O–H groups in total. The largest absolute Gasteiger partial charge is 0.494 e. The van der Waals surface area contributed by atoms with Crippen LogP contribution in [0, 0.1) is 17.3 Å². The minimum Gasteiger partial charge on any atom is -0.494 e. The van der Waals surface area contributed by atoms with Crippen molar-refractivity contribution >= 4 is 73.9 Å². The second kappa shape index (κ2) is 19.3. The Hall–Kier alpha value is -5.89. The zero-order valence-electron chi connectivity index (χ0n) is 37.4. The Morgan fingerprint density at radius 2 is 1.75 bits per heavy atom. The summed E-state index contributed by atoms with van der Waals surface area (Å²) in [5.41, 5.74) is 6.67. The molecule has 3 fully saturated rings. The van der Waals surface area contributed by atoms with Crippen molar-refractivity contribution in [3.8, 4) is 17.6 Å². The van der Waals surface area contributed by atoms with Gasteiger partial charge in [-0.2, -0.15) is 4.98 Å². The number of ether oxygens (including phenoxy) is 1. The van der Waals surface area contributed by atoms with Gasteiger partial charge in [-0.05, 0) is 111 Å². The number of nitrogens with one attached hydrogen (secondary N) is 3. The van der Waals surface area contributed by atoms with Gasteiger partial charge < -0.3 is 30.1 Å². The van der Waals surface area contributed by atoms with Crippen molar-refractivity contribution in [1.82, 2.24) is 25.1 Å². The van der Waals surface area contributed by atoms with Crippen molar-refractivity contribution in [3.63, 3.8) is 0 Å². The highest BCUT2D eigenvalue weighted by atomic mass is 35.5. The summed E-state index contributed by atoms with van der Waals surface area (Å²) in [5.74, 6) is 7.06.